The van der Waals surface area contributed by atoms with Crippen molar-refractivity contribution in [1.82, 2.24) is 4.98 Å². The van der Waals surface area contributed by atoms with Crippen molar-refractivity contribution in [2.45, 2.75) is 0 Å². The summed E-state index contributed by atoms with van der Waals surface area (Å²) in [5.41, 5.74) is 8.13. The predicted octanol–water partition coefficient (Wildman–Crippen LogP) is 2.99. The Labute approximate surface area is 98.8 Å². The summed E-state index contributed by atoms with van der Waals surface area (Å²) in [6.07, 6.45) is 3.41. The molecule has 1 aromatic heterocycles. The van der Waals surface area contributed by atoms with Gasteiger partial charge in [0.1, 0.15) is 5.75 Å². The Kier molecular flexibility index (Phi) is 2.97. The van der Waals surface area contributed by atoms with E-state index in [1.807, 2.05) is 18.2 Å². The molecule has 2 N–H and O–H groups in total. The lowest BCUT2D eigenvalue weighted by Crippen LogP contribution is -1.88. The lowest BCUT2D eigenvalue weighted by atomic mass is 10.1. The van der Waals surface area contributed by atoms with E-state index in [0.29, 0.717) is 16.5 Å². The van der Waals surface area contributed by atoms with Gasteiger partial charge in [0.25, 0.3) is 0 Å². The Bertz CT molecular complexity index is 514. The number of pyridine rings is 1. The first kappa shape index (κ1) is 10.8. The molecule has 0 radical (unpaired) electrons. The highest BCUT2D eigenvalue weighted by Crippen LogP contribution is 2.28. The minimum Gasteiger partial charge on any atom is -0.495 e. The van der Waals surface area contributed by atoms with Crippen molar-refractivity contribution < 1.29 is 4.74 Å². The van der Waals surface area contributed by atoms with E-state index in [9.17, 15) is 0 Å². The molecule has 0 saturated carbocycles. The number of nitrogens with two attached hydrogens (primary N) is 1. The largest absolute Gasteiger partial charge is 0.495 e. The molecular weight excluding hydrogens is 224 g/mol. The van der Waals surface area contributed by atoms with Gasteiger partial charge in [0, 0.05) is 11.8 Å². The van der Waals surface area contributed by atoms with Crippen molar-refractivity contribution in [2.75, 3.05) is 12.8 Å². The molecule has 2 rings (SSSR count). The van der Waals surface area contributed by atoms with Gasteiger partial charge in [-0.3, -0.25) is 4.98 Å². The van der Waals surface area contributed by atoms with Crippen LogP contribution in [0.2, 0.25) is 5.02 Å². The van der Waals surface area contributed by atoms with Gasteiger partial charge in [0.05, 0.1) is 24.0 Å². The molecule has 1 aromatic carbocycles. The summed E-state index contributed by atoms with van der Waals surface area (Å²) in [5.74, 6) is 0.713. The number of methoxy groups -OCH3 is 1. The number of ether oxygens (including phenoxy) is 1. The second kappa shape index (κ2) is 4.41. The van der Waals surface area contributed by atoms with Crippen molar-refractivity contribution in [3.8, 4) is 16.9 Å². The third-order valence-electron chi connectivity index (χ3n) is 2.28. The van der Waals surface area contributed by atoms with Crippen LogP contribution in [0.1, 0.15) is 0 Å². The van der Waals surface area contributed by atoms with E-state index in [1.165, 1.54) is 0 Å². The molecule has 0 fully saturated rings. The fraction of sp³-hybridized carbons (Fsp3) is 0.0833. The summed E-state index contributed by atoms with van der Waals surface area (Å²) in [5, 5.41) is 0.542. The fourth-order valence-electron chi connectivity index (χ4n) is 1.40. The zero-order chi connectivity index (χ0) is 11.5. The van der Waals surface area contributed by atoms with E-state index in [-0.39, 0.29) is 0 Å². The van der Waals surface area contributed by atoms with Crippen LogP contribution >= 0.6 is 11.6 Å². The maximum Gasteiger partial charge on any atom is 0.137 e. The summed E-state index contributed by atoms with van der Waals surface area (Å²) in [6.45, 7) is 0. The normalized spacial score (nSPS) is 10.1. The van der Waals surface area contributed by atoms with Crippen molar-refractivity contribution in [1.29, 1.82) is 0 Å². The van der Waals surface area contributed by atoms with Crippen molar-refractivity contribution in [3.05, 3.63) is 41.7 Å². The van der Waals surface area contributed by atoms with E-state index in [2.05, 4.69) is 4.98 Å². The van der Waals surface area contributed by atoms with Crippen molar-refractivity contribution in [2.24, 2.45) is 0 Å². The average Bonchev–Trinajstić information content (AvgIpc) is 2.33. The number of nitrogens with zero attached hydrogens (tertiary/aromatic N) is 1. The molecule has 0 aliphatic rings. The van der Waals surface area contributed by atoms with E-state index < -0.39 is 0 Å². The molecule has 0 amide bonds. The van der Waals surface area contributed by atoms with Crippen LogP contribution in [0.15, 0.2) is 36.7 Å². The van der Waals surface area contributed by atoms with Gasteiger partial charge in [0.2, 0.25) is 0 Å². The highest BCUT2D eigenvalue weighted by Gasteiger charge is 2.03. The van der Waals surface area contributed by atoms with E-state index in [1.54, 1.807) is 25.6 Å². The van der Waals surface area contributed by atoms with Crippen LogP contribution in [0.3, 0.4) is 0 Å². The quantitative estimate of drug-likeness (QED) is 0.813. The molecule has 0 aliphatic carbocycles. The highest BCUT2D eigenvalue weighted by molar-refractivity contribution is 6.33. The van der Waals surface area contributed by atoms with Gasteiger partial charge in [-0.2, -0.15) is 0 Å². The van der Waals surface area contributed by atoms with Gasteiger partial charge in [-0.1, -0.05) is 17.7 Å². The Balaban J connectivity index is 2.46. The first-order chi connectivity index (χ1) is 7.70. The van der Waals surface area contributed by atoms with Crippen LogP contribution in [0.5, 0.6) is 5.75 Å². The monoisotopic (exact) mass is 234 g/mol. The second-order valence-corrected chi connectivity index (χ2v) is 3.76. The topological polar surface area (TPSA) is 48.1 Å². The molecule has 0 aliphatic heterocycles. The zero-order valence-electron chi connectivity index (χ0n) is 8.77. The van der Waals surface area contributed by atoms with Gasteiger partial charge in [-0.05, 0) is 23.8 Å². The third kappa shape index (κ3) is 2.09. The van der Waals surface area contributed by atoms with Crippen LogP contribution in [-0.2, 0) is 0 Å². The van der Waals surface area contributed by atoms with Crippen LogP contribution < -0.4 is 10.5 Å². The Morgan fingerprint density at radius 1 is 1.19 bits per heavy atom. The molecule has 0 unspecified atom stereocenters. The average molecular weight is 235 g/mol. The molecule has 2 aromatic rings. The summed E-state index contributed by atoms with van der Waals surface area (Å²) < 4.78 is 5.11. The Morgan fingerprint density at radius 3 is 2.69 bits per heavy atom. The first-order valence-electron chi connectivity index (χ1n) is 4.75. The predicted molar refractivity (Wildman–Crippen MR) is 65.6 cm³/mol. The molecule has 82 valence electrons. The smallest absolute Gasteiger partial charge is 0.137 e. The number of benzene rings is 1. The number of aromatic nitrogens is 1. The van der Waals surface area contributed by atoms with Crippen LogP contribution in [0.25, 0.3) is 11.1 Å². The molecule has 0 bridgehead atoms. The van der Waals surface area contributed by atoms with Crippen molar-refractivity contribution in [3.63, 3.8) is 0 Å². The van der Waals surface area contributed by atoms with Gasteiger partial charge in [-0.25, -0.2) is 0 Å². The van der Waals surface area contributed by atoms with Gasteiger partial charge in [0.15, 0.2) is 0 Å². The zero-order valence-corrected chi connectivity index (χ0v) is 9.53. The molecule has 0 atom stereocenters. The minimum atomic E-state index is 0.542. The lowest BCUT2D eigenvalue weighted by molar-refractivity contribution is 0.413. The van der Waals surface area contributed by atoms with Gasteiger partial charge < -0.3 is 10.5 Å². The molecule has 16 heavy (non-hydrogen) atoms. The lowest BCUT2D eigenvalue weighted by Gasteiger charge is -2.05. The Hall–Kier alpha value is -1.74. The van der Waals surface area contributed by atoms with Gasteiger partial charge >= 0.3 is 0 Å². The van der Waals surface area contributed by atoms with Crippen LogP contribution in [0.4, 0.5) is 5.69 Å². The maximum absolute atomic E-state index is 5.96. The summed E-state index contributed by atoms with van der Waals surface area (Å²) in [6, 6.07) is 7.39. The summed E-state index contributed by atoms with van der Waals surface area (Å²) in [4.78, 5) is 4.08. The highest BCUT2D eigenvalue weighted by atomic mass is 35.5. The fourth-order valence-corrected chi connectivity index (χ4v) is 1.58. The number of halogens is 1. The number of hydrogen-bond acceptors (Lipinski definition) is 3. The maximum atomic E-state index is 5.96. The Morgan fingerprint density at radius 2 is 2.00 bits per heavy atom. The second-order valence-electron chi connectivity index (χ2n) is 3.35. The standard InChI is InChI=1S/C12H11ClN2O/c1-16-10-4-9(6-15-7-10)8-2-3-12(14)11(13)5-8/h2-7H,14H2,1H3. The molecule has 0 spiro atoms. The first-order valence-corrected chi connectivity index (χ1v) is 5.13. The van der Waals surface area contributed by atoms with Crippen molar-refractivity contribution >= 4 is 17.3 Å². The summed E-state index contributed by atoms with van der Waals surface area (Å²) >= 11 is 5.96. The van der Waals surface area contributed by atoms with Crippen LogP contribution in [0, 0.1) is 0 Å². The number of nitrogen functional groups attached to an aromatic ring is 1. The third-order valence-corrected chi connectivity index (χ3v) is 2.61. The van der Waals surface area contributed by atoms with Gasteiger partial charge in [-0.15, -0.1) is 0 Å². The molecule has 4 heteroatoms. The van der Waals surface area contributed by atoms with E-state index >= 15 is 0 Å². The number of hydrogen-bond donors (Lipinski definition) is 1. The molecule has 3 nitrogen and oxygen atoms in total. The minimum absolute atomic E-state index is 0.542. The number of rotatable bonds is 2. The van der Waals surface area contributed by atoms with E-state index in [0.717, 1.165) is 11.1 Å². The van der Waals surface area contributed by atoms with E-state index in [4.69, 9.17) is 22.1 Å². The SMILES string of the molecule is COc1cncc(-c2ccc(N)c(Cl)c2)c1. The molecular formula is C12H11ClN2O. The summed E-state index contributed by atoms with van der Waals surface area (Å²) in [7, 11) is 1.61. The molecule has 1 heterocycles. The molecule has 0 saturated heterocycles. The number of anilines is 1. The van der Waals surface area contributed by atoms with Crippen LogP contribution in [-0.4, -0.2) is 12.1 Å².